The number of benzene rings is 2. The first-order valence-electron chi connectivity index (χ1n) is 12.9. The van der Waals surface area contributed by atoms with Crippen LogP contribution in [-0.2, 0) is 4.74 Å². The molecule has 2 aromatic carbocycles. The SMILES string of the molecule is CCCCCCCCOC(=O)Oc1ccc(-c2ccc(SCCCCCCCC)cc2)cc1. The van der Waals surface area contributed by atoms with E-state index in [-0.39, 0.29) is 0 Å². The maximum atomic E-state index is 11.9. The molecule has 0 saturated heterocycles. The maximum absolute atomic E-state index is 11.9. The fraction of sp³-hybridized carbons (Fsp3) is 0.552. The summed E-state index contributed by atoms with van der Waals surface area (Å²) in [5.41, 5.74) is 2.27. The minimum absolute atomic E-state index is 0.423. The van der Waals surface area contributed by atoms with Crippen LogP contribution in [0.4, 0.5) is 4.79 Å². The standard InChI is InChI=1S/C29H42O3S/c1-3-5-7-9-11-13-23-31-29(30)32-27-19-15-25(16-20-27)26-17-21-28(22-18-26)33-24-14-12-10-8-6-4-2/h15-22H,3-14,23-24H2,1-2H3. The highest BCUT2D eigenvalue weighted by molar-refractivity contribution is 7.99. The van der Waals surface area contributed by atoms with Crippen molar-refractivity contribution in [2.75, 3.05) is 12.4 Å². The molecule has 2 aromatic rings. The molecule has 33 heavy (non-hydrogen) atoms. The van der Waals surface area contributed by atoms with Gasteiger partial charge in [0, 0.05) is 4.90 Å². The Balaban J connectivity index is 1.66. The number of rotatable bonds is 17. The number of hydrogen-bond donors (Lipinski definition) is 0. The highest BCUT2D eigenvalue weighted by Crippen LogP contribution is 2.26. The van der Waals surface area contributed by atoms with E-state index in [9.17, 15) is 4.79 Å². The fourth-order valence-electron chi connectivity index (χ4n) is 3.70. The Kier molecular flexibility index (Phi) is 14.5. The average molecular weight is 471 g/mol. The molecule has 0 aliphatic carbocycles. The van der Waals surface area contributed by atoms with Crippen molar-refractivity contribution < 1.29 is 14.3 Å². The van der Waals surface area contributed by atoms with Crippen LogP contribution in [0.5, 0.6) is 5.75 Å². The average Bonchev–Trinajstić information content (AvgIpc) is 2.84. The molecule has 0 aromatic heterocycles. The molecule has 0 N–H and O–H groups in total. The molecule has 0 heterocycles. The summed E-state index contributed by atoms with van der Waals surface area (Å²) in [4.78, 5) is 13.2. The van der Waals surface area contributed by atoms with Gasteiger partial charge in [0.05, 0.1) is 6.61 Å². The second-order valence-corrected chi connectivity index (χ2v) is 9.80. The molecule has 0 fully saturated rings. The molecule has 0 spiro atoms. The van der Waals surface area contributed by atoms with Crippen LogP contribution in [0.15, 0.2) is 53.4 Å². The molecule has 0 atom stereocenters. The van der Waals surface area contributed by atoms with E-state index in [2.05, 4.69) is 38.1 Å². The van der Waals surface area contributed by atoms with Gasteiger partial charge >= 0.3 is 6.16 Å². The van der Waals surface area contributed by atoms with Crippen molar-refractivity contribution in [1.29, 1.82) is 0 Å². The van der Waals surface area contributed by atoms with Crippen LogP contribution in [0.25, 0.3) is 11.1 Å². The van der Waals surface area contributed by atoms with Gasteiger partial charge in [0.2, 0.25) is 0 Å². The van der Waals surface area contributed by atoms with Crippen molar-refractivity contribution in [2.24, 2.45) is 0 Å². The summed E-state index contributed by atoms with van der Waals surface area (Å²) < 4.78 is 10.5. The van der Waals surface area contributed by atoms with Crippen molar-refractivity contribution in [1.82, 2.24) is 0 Å². The Bertz CT molecular complexity index is 755. The molecule has 182 valence electrons. The minimum atomic E-state index is -0.622. The monoisotopic (exact) mass is 470 g/mol. The molecule has 4 heteroatoms. The molecule has 3 nitrogen and oxygen atoms in total. The molecule has 0 aliphatic rings. The van der Waals surface area contributed by atoms with Crippen LogP contribution in [-0.4, -0.2) is 18.5 Å². The van der Waals surface area contributed by atoms with Gasteiger partial charge in [0.1, 0.15) is 5.75 Å². The minimum Gasteiger partial charge on any atom is -0.434 e. The Morgan fingerprint density at radius 3 is 1.79 bits per heavy atom. The Hall–Kier alpha value is -1.94. The summed E-state index contributed by atoms with van der Waals surface area (Å²) >= 11 is 1.94. The van der Waals surface area contributed by atoms with Gasteiger partial charge in [0.15, 0.2) is 0 Å². The van der Waals surface area contributed by atoms with Gasteiger partial charge in [-0.2, -0.15) is 0 Å². The van der Waals surface area contributed by atoms with Crippen molar-refractivity contribution in [3.63, 3.8) is 0 Å². The number of ether oxygens (including phenoxy) is 2. The van der Waals surface area contributed by atoms with E-state index in [0.717, 1.165) is 24.0 Å². The van der Waals surface area contributed by atoms with Gasteiger partial charge in [-0.05, 0) is 54.0 Å². The highest BCUT2D eigenvalue weighted by Gasteiger charge is 2.07. The van der Waals surface area contributed by atoms with Gasteiger partial charge in [-0.15, -0.1) is 11.8 Å². The third-order valence-corrected chi connectivity index (χ3v) is 6.83. The zero-order valence-electron chi connectivity index (χ0n) is 20.7. The van der Waals surface area contributed by atoms with Gasteiger partial charge < -0.3 is 9.47 Å². The lowest BCUT2D eigenvalue weighted by atomic mass is 10.1. The van der Waals surface area contributed by atoms with E-state index in [0.29, 0.717) is 12.4 Å². The van der Waals surface area contributed by atoms with Crippen LogP contribution in [0, 0.1) is 0 Å². The lowest BCUT2D eigenvalue weighted by molar-refractivity contribution is 0.0973. The van der Waals surface area contributed by atoms with Crippen molar-refractivity contribution >= 4 is 17.9 Å². The largest absolute Gasteiger partial charge is 0.513 e. The molecule has 0 bridgehead atoms. The van der Waals surface area contributed by atoms with E-state index in [1.54, 1.807) is 0 Å². The quantitative estimate of drug-likeness (QED) is 0.0997. The second-order valence-electron chi connectivity index (χ2n) is 8.63. The number of unbranched alkanes of at least 4 members (excludes halogenated alkanes) is 10. The summed E-state index contributed by atoms with van der Waals surface area (Å²) in [6, 6.07) is 16.3. The zero-order chi connectivity index (χ0) is 23.6. The normalized spacial score (nSPS) is 10.8. The van der Waals surface area contributed by atoms with Gasteiger partial charge in [-0.3, -0.25) is 0 Å². The van der Waals surface area contributed by atoms with Crippen molar-refractivity contribution in [3.8, 4) is 16.9 Å². The summed E-state index contributed by atoms with van der Waals surface area (Å²) in [6.07, 6.45) is 14.4. The summed E-state index contributed by atoms with van der Waals surface area (Å²) in [5.74, 6) is 1.70. The van der Waals surface area contributed by atoms with Crippen molar-refractivity contribution in [3.05, 3.63) is 48.5 Å². The van der Waals surface area contributed by atoms with Crippen LogP contribution in [0.2, 0.25) is 0 Å². The van der Waals surface area contributed by atoms with E-state index in [1.807, 2.05) is 36.0 Å². The first-order chi connectivity index (χ1) is 16.2. The summed E-state index contributed by atoms with van der Waals surface area (Å²) in [7, 11) is 0. The van der Waals surface area contributed by atoms with Crippen LogP contribution in [0.3, 0.4) is 0 Å². The Labute approximate surface area is 205 Å². The molecule has 0 radical (unpaired) electrons. The van der Waals surface area contributed by atoms with Crippen LogP contribution >= 0.6 is 11.8 Å². The molecule has 0 amide bonds. The lowest BCUT2D eigenvalue weighted by Gasteiger charge is -2.08. The first kappa shape index (κ1) is 27.3. The van der Waals surface area contributed by atoms with E-state index >= 15 is 0 Å². The summed E-state index contributed by atoms with van der Waals surface area (Å²) in [6.45, 7) is 4.89. The predicted octanol–water partition coefficient (Wildman–Crippen LogP) is 9.68. The molecule has 0 unspecified atom stereocenters. The molecule has 0 saturated carbocycles. The third-order valence-electron chi connectivity index (χ3n) is 5.73. The van der Waals surface area contributed by atoms with Crippen LogP contribution in [0.1, 0.15) is 90.9 Å². The topological polar surface area (TPSA) is 35.5 Å². The smallest absolute Gasteiger partial charge is 0.434 e. The van der Waals surface area contributed by atoms with Gasteiger partial charge in [-0.1, -0.05) is 102 Å². The number of hydrogen-bond acceptors (Lipinski definition) is 4. The molecular weight excluding hydrogens is 428 g/mol. The van der Waals surface area contributed by atoms with Crippen LogP contribution < -0.4 is 4.74 Å². The fourth-order valence-corrected chi connectivity index (χ4v) is 4.61. The Morgan fingerprint density at radius 2 is 1.18 bits per heavy atom. The molecule has 0 aliphatic heterocycles. The van der Waals surface area contributed by atoms with E-state index < -0.39 is 6.16 Å². The second kappa shape index (κ2) is 17.5. The van der Waals surface area contributed by atoms with Gasteiger partial charge in [-0.25, -0.2) is 4.79 Å². The zero-order valence-corrected chi connectivity index (χ0v) is 21.5. The number of carbonyl (C=O) groups is 1. The van der Waals surface area contributed by atoms with Gasteiger partial charge in [0.25, 0.3) is 0 Å². The third kappa shape index (κ3) is 12.2. The Morgan fingerprint density at radius 1 is 0.667 bits per heavy atom. The molecular formula is C29H42O3S. The van der Waals surface area contributed by atoms with E-state index in [1.165, 1.54) is 74.9 Å². The lowest BCUT2D eigenvalue weighted by Crippen LogP contribution is -2.11. The summed E-state index contributed by atoms with van der Waals surface area (Å²) in [5, 5.41) is 0. The van der Waals surface area contributed by atoms with E-state index in [4.69, 9.17) is 9.47 Å². The highest BCUT2D eigenvalue weighted by atomic mass is 32.2. The maximum Gasteiger partial charge on any atom is 0.513 e. The first-order valence-corrected chi connectivity index (χ1v) is 13.9. The number of carbonyl (C=O) groups excluding carboxylic acids is 1. The predicted molar refractivity (Wildman–Crippen MR) is 141 cm³/mol. The number of thioether (sulfide) groups is 1. The van der Waals surface area contributed by atoms with Crippen molar-refractivity contribution in [2.45, 2.75) is 95.8 Å². The molecule has 2 rings (SSSR count).